The second-order valence-electron chi connectivity index (χ2n) is 5.26. The number of benzene rings is 2. The average molecular weight is 362 g/mol. The standard InChI is InChI=1S/C16H14N2O4S2/c1-24(21,22)18-13-5-2-10(3-6-13)15-9-12-8-11(16(19)17-20)4-7-14(12)23-15/h2-9,18,20H,1H3,(H,17,19). The fourth-order valence-electron chi connectivity index (χ4n) is 2.31. The summed E-state index contributed by atoms with van der Waals surface area (Å²) in [5.41, 5.74) is 3.45. The molecule has 0 fully saturated rings. The van der Waals surface area contributed by atoms with Crippen LogP contribution in [0.25, 0.3) is 20.5 Å². The van der Waals surface area contributed by atoms with Crippen LogP contribution >= 0.6 is 11.3 Å². The third kappa shape index (κ3) is 3.56. The molecule has 0 bridgehead atoms. The summed E-state index contributed by atoms with van der Waals surface area (Å²) in [5, 5.41) is 9.60. The van der Waals surface area contributed by atoms with E-state index in [0.29, 0.717) is 11.3 Å². The maximum Gasteiger partial charge on any atom is 0.274 e. The summed E-state index contributed by atoms with van der Waals surface area (Å²) in [7, 11) is -3.30. The molecule has 0 aliphatic rings. The normalized spacial score (nSPS) is 11.4. The van der Waals surface area contributed by atoms with E-state index in [4.69, 9.17) is 5.21 Å². The number of sulfonamides is 1. The van der Waals surface area contributed by atoms with Gasteiger partial charge in [-0.05, 0) is 47.3 Å². The van der Waals surface area contributed by atoms with Crippen LogP contribution in [0.5, 0.6) is 0 Å². The maximum atomic E-state index is 11.5. The third-order valence-electron chi connectivity index (χ3n) is 3.35. The Kier molecular flexibility index (Phi) is 4.27. The first-order valence-electron chi connectivity index (χ1n) is 6.92. The summed E-state index contributed by atoms with van der Waals surface area (Å²) < 4.78 is 25.9. The number of carbonyl (C=O) groups excluding carboxylic acids is 1. The summed E-state index contributed by atoms with van der Waals surface area (Å²) in [6.45, 7) is 0. The topological polar surface area (TPSA) is 95.5 Å². The lowest BCUT2D eigenvalue weighted by atomic mass is 10.1. The van der Waals surface area contributed by atoms with Crippen molar-refractivity contribution in [3.8, 4) is 10.4 Å². The molecular formula is C16H14N2O4S2. The zero-order chi connectivity index (χ0) is 17.3. The lowest BCUT2D eigenvalue weighted by Crippen LogP contribution is -2.18. The first-order chi connectivity index (χ1) is 11.4. The van der Waals surface area contributed by atoms with Crippen molar-refractivity contribution in [3.63, 3.8) is 0 Å². The number of hydroxylamine groups is 1. The lowest BCUT2D eigenvalue weighted by Gasteiger charge is -2.04. The van der Waals surface area contributed by atoms with E-state index in [-0.39, 0.29) is 0 Å². The molecule has 0 radical (unpaired) electrons. The molecule has 3 N–H and O–H groups in total. The molecule has 1 aromatic heterocycles. The molecule has 24 heavy (non-hydrogen) atoms. The molecule has 0 saturated carbocycles. The lowest BCUT2D eigenvalue weighted by molar-refractivity contribution is 0.0706. The number of thiophene rings is 1. The Morgan fingerprint density at radius 1 is 1.08 bits per heavy atom. The molecule has 1 heterocycles. The van der Waals surface area contributed by atoms with E-state index >= 15 is 0 Å². The molecule has 0 unspecified atom stereocenters. The van der Waals surface area contributed by atoms with Gasteiger partial charge in [0.25, 0.3) is 5.91 Å². The van der Waals surface area contributed by atoms with Gasteiger partial charge in [0.1, 0.15) is 0 Å². The van der Waals surface area contributed by atoms with Crippen molar-refractivity contribution in [2.75, 3.05) is 11.0 Å². The Balaban J connectivity index is 1.93. The van der Waals surface area contributed by atoms with Gasteiger partial charge in [-0.3, -0.25) is 14.7 Å². The molecule has 0 atom stereocenters. The predicted molar refractivity (Wildman–Crippen MR) is 95.0 cm³/mol. The highest BCUT2D eigenvalue weighted by Crippen LogP contribution is 2.34. The molecule has 3 rings (SSSR count). The van der Waals surface area contributed by atoms with Crippen LogP contribution in [-0.4, -0.2) is 25.8 Å². The van der Waals surface area contributed by atoms with Crippen molar-refractivity contribution in [3.05, 3.63) is 54.1 Å². The first kappa shape index (κ1) is 16.4. The van der Waals surface area contributed by atoms with E-state index in [9.17, 15) is 13.2 Å². The Hall–Kier alpha value is -2.42. The van der Waals surface area contributed by atoms with Gasteiger partial charge < -0.3 is 0 Å². The van der Waals surface area contributed by atoms with Crippen LogP contribution in [0.4, 0.5) is 5.69 Å². The van der Waals surface area contributed by atoms with Gasteiger partial charge in [-0.2, -0.15) is 0 Å². The second kappa shape index (κ2) is 6.23. The van der Waals surface area contributed by atoms with Crippen molar-refractivity contribution in [2.45, 2.75) is 0 Å². The Labute approximate surface area is 142 Å². The minimum absolute atomic E-state index is 0.377. The number of hydrogen-bond donors (Lipinski definition) is 3. The minimum atomic E-state index is -3.30. The minimum Gasteiger partial charge on any atom is -0.288 e. The van der Waals surface area contributed by atoms with Crippen LogP contribution in [0.3, 0.4) is 0 Å². The van der Waals surface area contributed by atoms with Gasteiger partial charge in [0.15, 0.2) is 0 Å². The zero-order valence-corrected chi connectivity index (χ0v) is 14.2. The molecule has 0 saturated heterocycles. The molecule has 6 nitrogen and oxygen atoms in total. The summed E-state index contributed by atoms with van der Waals surface area (Å²) in [5.74, 6) is -0.555. The Morgan fingerprint density at radius 3 is 2.42 bits per heavy atom. The number of carbonyl (C=O) groups is 1. The van der Waals surface area contributed by atoms with Gasteiger partial charge in [0.2, 0.25) is 10.0 Å². The van der Waals surface area contributed by atoms with E-state index in [0.717, 1.165) is 26.8 Å². The van der Waals surface area contributed by atoms with Crippen molar-refractivity contribution in [2.24, 2.45) is 0 Å². The van der Waals surface area contributed by atoms with Crippen LogP contribution < -0.4 is 10.2 Å². The smallest absolute Gasteiger partial charge is 0.274 e. The zero-order valence-electron chi connectivity index (χ0n) is 12.6. The van der Waals surface area contributed by atoms with Gasteiger partial charge in [-0.15, -0.1) is 11.3 Å². The van der Waals surface area contributed by atoms with E-state index < -0.39 is 15.9 Å². The van der Waals surface area contributed by atoms with Gasteiger partial charge in [0, 0.05) is 20.8 Å². The highest BCUT2D eigenvalue weighted by atomic mass is 32.2. The van der Waals surface area contributed by atoms with Crippen LogP contribution in [0.15, 0.2) is 48.5 Å². The molecule has 0 aliphatic heterocycles. The van der Waals surface area contributed by atoms with Gasteiger partial charge >= 0.3 is 0 Å². The molecule has 8 heteroatoms. The van der Waals surface area contributed by atoms with E-state index in [1.165, 1.54) is 0 Å². The van der Waals surface area contributed by atoms with Crippen LogP contribution in [0.1, 0.15) is 10.4 Å². The number of anilines is 1. The number of rotatable bonds is 4. The Morgan fingerprint density at radius 2 is 1.79 bits per heavy atom. The van der Waals surface area contributed by atoms with E-state index in [1.807, 2.05) is 24.3 Å². The summed E-state index contributed by atoms with van der Waals surface area (Å²) >= 11 is 1.56. The van der Waals surface area contributed by atoms with Crippen molar-refractivity contribution < 1.29 is 18.4 Å². The predicted octanol–water partition coefficient (Wildman–Crippen LogP) is 3.06. The van der Waals surface area contributed by atoms with Crippen LogP contribution in [-0.2, 0) is 10.0 Å². The molecule has 1 amide bonds. The maximum absolute atomic E-state index is 11.5. The van der Waals surface area contributed by atoms with Gasteiger partial charge in [0.05, 0.1) is 6.26 Å². The molecule has 2 aromatic carbocycles. The van der Waals surface area contributed by atoms with E-state index in [2.05, 4.69) is 4.72 Å². The highest BCUT2D eigenvalue weighted by molar-refractivity contribution is 7.92. The fraction of sp³-hybridized carbons (Fsp3) is 0.0625. The monoisotopic (exact) mass is 362 g/mol. The second-order valence-corrected chi connectivity index (χ2v) is 8.09. The molecule has 3 aromatic rings. The Bertz CT molecular complexity index is 1010. The average Bonchev–Trinajstić information content (AvgIpc) is 2.96. The largest absolute Gasteiger partial charge is 0.288 e. The molecule has 0 aliphatic carbocycles. The molecule has 124 valence electrons. The van der Waals surface area contributed by atoms with Crippen LogP contribution in [0.2, 0.25) is 0 Å². The van der Waals surface area contributed by atoms with Crippen molar-refractivity contribution >= 4 is 43.0 Å². The van der Waals surface area contributed by atoms with Crippen molar-refractivity contribution in [1.29, 1.82) is 0 Å². The van der Waals surface area contributed by atoms with Gasteiger partial charge in [-0.25, -0.2) is 13.9 Å². The number of fused-ring (bicyclic) bond motifs is 1. The number of nitrogens with one attached hydrogen (secondary N) is 2. The quantitative estimate of drug-likeness (QED) is 0.491. The summed E-state index contributed by atoms with van der Waals surface area (Å²) in [4.78, 5) is 12.5. The third-order valence-corrected chi connectivity index (χ3v) is 5.12. The van der Waals surface area contributed by atoms with Crippen LogP contribution in [0, 0.1) is 0 Å². The van der Waals surface area contributed by atoms with E-state index in [1.54, 1.807) is 41.1 Å². The SMILES string of the molecule is CS(=O)(=O)Nc1ccc(-c2cc3cc(C(=O)NO)ccc3s2)cc1. The fourth-order valence-corrected chi connectivity index (χ4v) is 3.92. The molecule has 0 spiro atoms. The van der Waals surface area contributed by atoms with Crippen molar-refractivity contribution in [1.82, 2.24) is 5.48 Å². The van der Waals surface area contributed by atoms with Gasteiger partial charge in [-0.1, -0.05) is 12.1 Å². The summed E-state index contributed by atoms with van der Waals surface area (Å²) in [6.07, 6.45) is 1.10. The summed E-state index contributed by atoms with van der Waals surface area (Å²) in [6, 6.07) is 14.2. The first-order valence-corrected chi connectivity index (χ1v) is 9.63. The number of hydrogen-bond acceptors (Lipinski definition) is 5. The molecular weight excluding hydrogens is 348 g/mol. The number of amides is 1. The highest BCUT2D eigenvalue weighted by Gasteiger charge is 2.09.